The first-order chi connectivity index (χ1) is 13.7. The number of benzene rings is 1. The van der Waals surface area contributed by atoms with Gasteiger partial charge in [0.05, 0.1) is 0 Å². The summed E-state index contributed by atoms with van der Waals surface area (Å²) in [4.78, 5) is 36.4. The molecule has 2 atom stereocenters. The van der Waals surface area contributed by atoms with Gasteiger partial charge in [-0.05, 0) is 37.2 Å². The van der Waals surface area contributed by atoms with Gasteiger partial charge in [0.25, 0.3) is 0 Å². The summed E-state index contributed by atoms with van der Waals surface area (Å²) in [5.74, 6) is 4.92. The zero-order valence-electron chi connectivity index (χ0n) is 18.0. The number of alkyl carbamates (subject to hydrolysis) is 1. The molecule has 164 valence electrons. The van der Waals surface area contributed by atoms with Crippen LogP contribution < -0.4 is 16.5 Å². The van der Waals surface area contributed by atoms with Crippen molar-refractivity contribution < 1.29 is 24.0 Å². The zero-order valence-corrected chi connectivity index (χ0v) is 18.0. The van der Waals surface area contributed by atoms with E-state index in [2.05, 4.69) is 35.2 Å². The zero-order chi connectivity index (χ0) is 22.2. The highest BCUT2D eigenvalue weighted by atomic mass is 16.7. The van der Waals surface area contributed by atoms with E-state index in [-0.39, 0.29) is 12.1 Å². The molecule has 0 aliphatic heterocycles. The van der Waals surface area contributed by atoms with E-state index in [0.29, 0.717) is 31.3 Å². The van der Waals surface area contributed by atoms with Crippen molar-refractivity contribution in [3.8, 4) is 0 Å². The van der Waals surface area contributed by atoms with E-state index >= 15 is 0 Å². The molecule has 0 aliphatic rings. The lowest BCUT2D eigenvalue weighted by atomic mass is 10.0. The minimum Gasteiger partial charge on any atom is -0.445 e. The second kappa shape index (κ2) is 15.3. The number of hydrogen-bond acceptors (Lipinski definition) is 6. The lowest BCUT2D eigenvalue weighted by molar-refractivity contribution is -0.148. The summed E-state index contributed by atoms with van der Waals surface area (Å²) in [6.07, 6.45) is 1.60. The fourth-order valence-electron chi connectivity index (χ4n) is 2.60. The van der Waals surface area contributed by atoms with E-state index in [1.165, 1.54) is 0 Å². The Morgan fingerprint density at radius 3 is 2.10 bits per heavy atom. The first-order valence-corrected chi connectivity index (χ1v) is 9.77. The molecule has 4 N–H and O–H groups in total. The molecule has 0 fully saturated rings. The van der Waals surface area contributed by atoms with Crippen LogP contribution in [0.2, 0.25) is 0 Å². The largest absolute Gasteiger partial charge is 0.445 e. The summed E-state index contributed by atoms with van der Waals surface area (Å²) in [5, 5.41) is 5.15. The Morgan fingerprint density at radius 1 is 1.03 bits per heavy atom. The lowest BCUT2D eigenvalue weighted by Crippen LogP contribution is -2.39. The highest BCUT2D eigenvalue weighted by Crippen LogP contribution is 2.06. The number of carbonyl (C=O) groups excluding carboxylic acids is 3. The summed E-state index contributed by atoms with van der Waals surface area (Å²) >= 11 is 0. The molecule has 0 spiro atoms. The molecule has 0 bridgehead atoms. The molecule has 2 unspecified atom stereocenters. The summed E-state index contributed by atoms with van der Waals surface area (Å²) in [5.41, 5.74) is 0.999. The van der Waals surface area contributed by atoms with Crippen molar-refractivity contribution in [3.63, 3.8) is 0 Å². The van der Waals surface area contributed by atoms with Gasteiger partial charge in [-0.3, -0.25) is 4.79 Å². The molecule has 0 aromatic heterocycles. The molecule has 8 heteroatoms. The van der Waals surface area contributed by atoms with Crippen molar-refractivity contribution in [2.45, 2.75) is 66.2 Å². The van der Waals surface area contributed by atoms with Gasteiger partial charge in [-0.25, -0.2) is 9.59 Å². The molecule has 0 aliphatic carbocycles. The average Bonchev–Trinajstić information content (AvgIpc) is 2.65. The highest BCUT2D eigenvalue weighted by molar-refractivity contribution is 5.77. The van der Waals surface area contributed by atoms with E-state index in [9.17, 15) is 14.4 Å². The van der Waals surface area contributed by atoms with Crippen molar-refractivity contribution in [3.05, 3.63) is 35.9 Å². The molecule has 29 heavy (non-hydrogen) atoms. The lowest BCUT2D eigenvalue weighted by Gasteiger charge is -2.15. The molecule has 0 radical (unpaired) electrons. The standard InChI is InChI=1S/C14H21NO2.C7H14N2O3/c1-11(2)9-12(3)15-14(16)17-10-13-7-5-4-6-8-13;1-5(2)3-6(9-4-10)7(11)12-8/h4-8,11-12H,9-10H2,1-3H3,(H,15,16);4-6H,3,8H2,1-2H3,(H,9,10). The van der Waals surface area contributed by atoms with Gasteiger partial charge in [0.1, 0.15) is 12.6 Å². The smallest absolute Gasteiger partial charge is 0.407 e. The van der Waals surface area contributed by atoms with Crippen LogP contribution in [0, 0.1) is 11.8 Å². The van der Waals surface area contributed by atoms with Crippen molar-refractivity contribution >= 4 is 18.5 Å². The first kappa shape index (κ1) is 26.4. The van der Waals surface area contributed by atoms with Gasteiger partial charge in [0.2, 0.25) is 6.41 Å². The Kier molecular flexibility index (Phi) is 13.9. The van der Waals surface area contributed by atoms with Crippen molar-refractivity contribution in [1.29, 1.82) is 0 Å². The van der Waals surface area contributed by atoms with E-state index < -0.39 is 12.0 Å². The van der Waals surface area contributed by atoms with Gasteiger partial charge in [0, 0.05) is 6.04 Å². The molecule has 0 heterocycles. The monoisotopic (exact) mass is 409 g/mol. The summed E-state index contributed by atoms with van der Waals surface area (Å²) in [7, 11) is 0. The molecular formula is C21H35N3O5. The topological polar surface area (TPSA) is 120 Å². The number of ether oxygens (including phenoxy) is 1. The van der Waals surface area contributed by atoms with E-state index in [1.54, 1.807) is 0 Å². The first-order valence-electron chi connectivity index (χ1n) is 9.77. The maximum Gasteiger partial charge on any atom is 0.407 e. The summed E-state index contributed by atoms with van der Waals surface area (Å²) in [6, 6.07) is 9.19. The third-order valence-electron chi connectivity index (χ3n) is 3.78. The SMILES string of the molecule is CC(C)CC(C)NC(=O)OCc1ccccc1.CC(C)CC(NC=O)C(=O)ON. The predicted molar refractivity (Wildman–Crippen MR) is 111 cm³/mol. The second-order valence-electron chi connectivity index (χ2n) is 7.64. The number of carbonyl (C=O) groups is 3. The van der Waals surface area contributed by atoms with E-state index in [4.69, 9.17) is 4.74 Å². The van der Waals surface area contributed by atoms with Crippen LogP contribution in [0.5, 0.6) is 0 Å². The van der Waals surface area contributed by atoms with Gasteiger partial charge in [-0.15, -0.1) is 0 Å². The molecule has 1 rings (SSSR count). The molecule has 1 aromatic rings. The number of hydrogen-bond donors (Lipinski definition) is 3. The van der Waals surface area contributed by atoms with Gasteiger partial charge < -0.3 is 20.2 Å². The minimum atomic E-state index is -0.632. The quantitative estimate of drug-likeness (QED) is 0.404. The van der Waals surface area contributed by atoms with E-state index in [1.807, 2.05) is 51.1 Å². The van der Waals surface area contributed by atoms with Gasteiger partial charge in [-0.2, -0.15) is 5.90 Å². The van der Waals surface area contributed by atoms with Crippen LogP contribution in [0.25, 0.3) is 0 Å². The van der Waals surface area contributed by atoms with Crippen LogP contribution in [-0.2, 0) is 25.8 Å². The van der Waals surface area contributed by atoms with Crippen LogP contribution in [0.4, 0.5) is 4.79 Å². The van der Waals surface area contributed by atoms with Gasteiger partial charge >= 0.3 is 12.1 Å². The Balaban J connectivity index is 0.000000578. The Morgan fingerprint density at radius 2 is 1.62 bits per heavy atom. The van der Waals surface area contributed by atoms with E-state index in [0.717, 1.165) is 12.0 Å². The second-order valence-corrected chi connectivity index (χ2v) is 7.64. The number of rotatable bonds is 10. The molecule has 0 saturated carbocycles. The van der Waals surface area contributed by atoms with Crippen molar-refractivity contribution in [1.82, 2.24) is 10.6 Å². The maximum atomic E-state index is 11.5. The molecule has 8 nitrogen and oxygen atoms in total. The Bertz CT molecular complexity index is 593. The maximum absolute atomic E-state index is 11.5. The van der Waals surface area contributed by atoms with Crippen LogP contribution in [-0.4, -0.2) is 30.6 Å². The molecule has 0 saturated heterocycles. The fourth-order valence-corrected chi connectivity index (χ4v) is 2.60. The van der Waals surface area contributed by atoms with Crippen LogP contribution in [0.1, 0.15) is 53.0 Å². The number of nitrogens with one attached hydrogen (secondary N) is 2. The van der Waals surface area contributed by atoms with Crippen molar-refractivity contribution in [2.75, 3.05) is 0 Å². The van der Waals surface area contributed by atoms with Gasteiger partial charge in [0.15, 0.2) is 0 Å². The fraction of sp³-hybridized carbons (Fsp3) is 0.571. The average molecular weight is 410 g/mol. The van der Waals surface area contributed by atoms with Crippen molar-refractivity contribution in [2.24, 2.45) is 17.7 Å². The number of nitrogens with two attached hydrogens (primary N) is 1. The summed E-state index contributed by atoms with van der Waals surface area (Å²) < 4.78 is 5.13. The number of amides is 2. The van der Waals surface area contributed by atoms with Gasteiger partial charge in [-0.1, -0.05) is 58.0 Å². The normalized spacial score (nSPS) is 12.3. The Labute approximate surface area is 173 Å². The highest BCUT2D eigenvalue weighted by Gasteiger charge is 2.19. The Hall–Kier alpha value is -2.61. The summed E-state index contributed by atoms with van der Waals surface area (Å²) in [6.45, 7) is 10.4. The van der Waals surface area contributed by atoms with Crippen LogP contribution >= 0.6 is 0 Å². The molecule has 1 aromatic carbocycles. The third kappa shape index (κ3) is 14.1. The minimum absolute atomic E-state index is 0.151. The van der Waals surface area contributed by atoms with Crippen LogP contribution in [0.15, 0.2) is 30.3 Å². The molecule has 2 amide bonds. The third-order valence-corrected chi connectivity index (χ3v) is 3.78. The van der Waals surface area contributed by atoms with Crippen LogP contribution in [0.3, 0.4) is 0 Å². The predicted octanol–water partition coefficient (Wildman–Crippen LogP) is 2.91. The molecular weight excluding hydrogens is 374 g/mol.